The summed E-state index contributed by atoms with van der Waals surface area (Å²) in [4.78, 5) is 14.9. The maximum Gasteiger partial charge on any atom is 0.573 e. The SMILES string of the molecule is O=C1N(Cc2ccc(C(F)(F)F)o2)c2ccccc2C12COc1cc(OC(F)(F)F)ccc12. The number of carbonyl (C=O) groups is 1. The second-order valence-corrected chi connectivity index (χ2v) is 7.57. The number of nitrogens with zero attached hydrogens (tertiary/aromatic N) is 1. The van der Waals surface area contributed by atoms with Crippen LogP contribution in [0.1, 0.15) is 22.6 Å². The fourth-order valence-electron chi connectivity index (χ4n) is 4.29. The molecule has 0 saturated heterocycles. The fourth-order valence-corrected chi connectivity index (χ4v) is 4.29. The molecule has 33 heavy (non-hydrogen) atoms. The van der Waals surface area contributed by atoms with Crippen LogP contribution in [0.2, 0.25) is 0 Å². The van der Waals surface area contributed by atoms with Crippen LogP contribution in [0.15, 0.2) is 59.0 Å². The minimum atomic E-state index is -4.89. The van der Waals surface area contributed by atoms with Crippen LogP contribution < -0.4 is 14.4 Å². The van der Waals surface area contributed by atoms with Crippen molar-refractivity contribution in [3.63, 3.8) is 0 Å². The molecule has 3 aromatic rings. The maximum atomic E-state index is 13.6. The van der Waals surface area contributed by atoms with Crippen LogP contribution in [0.25, 0.3) is 0 Å². The van der Waals surface area contributed by atoms with Crippen molar-refractivity contribution in [3.05, 3.63) is 77.2 Å². The van der Waals surface area contributed by atoms with Gasteiger partial charge >= 0.3 is 12.5 Å². The molecule has 1 aromatic heterocycles. The van der Waals surface area contributed by atoms with Crippen LogP contribution in [0.4, 0.5) is 32.0 Å². The van der Waals surface area contributed by atoms with Gasteiger partial charge in [-0.2, -0.15) is 13.2 Å². The van der Waals surface area contributed by atoms with E-state index >= 15 is 0 Å². The van der Waals surface area contributed by atoms with Crippen molar-refractivity contribution in [3.8, 4) is 11.5 Å². The summed E-state index contributed by atoms with van der Waals surface area (Å²) in [6.07, 6.45) is -9.56. The Kier molecular flexibility index (Phi) is 4.46. The molecule has 5 rings (SSSR count). The summed E-state index contributed by atoms with van der Waals surface area (Å²) in [5.41, 5.74) is -0.0462. The highest BCUT2D eigenvalue weighted by molar-refractivity contribution is 6.11. The lowest BCUT2D eigenvalue weighted by Crippen LogP contribution is -2.42. The normalized spacial score (nSPS) is 19.6. The molecule has 1 spiro atoms. The molecule has 0 bridgehead atoms. The Bertz CT molecular complexity index is 1250. The molecular formula is C22H13F6NO4. The third-order valence-corrected chi connectivity index (χ3v) is 5.61. The molecule has 0 aliphatic carbocycles. The number of hydrogen-bond donors (Lipinski definition) is 0. The Morgan fingerprint density at radius 3 is 2.42 bits per heavy atom. The maximum absolute atomic E-state index is 13.6. The Morgan fingerprint density at radius 1 is 0.970 bits per heavy atom. The van der Waals surface area contributed by atoms with E-state index in [9.17, 15) is 31.1 Å². The minimum Gasteiger partial charge on any atom is -0.491 e. The predicted octanol–water partition coefficient (Wildman–Crippen LogP) is 5.42. The van der Waals surface area contributed by atoms with Crippen molar-refractivity contribution in [1.82, 2.24) is 0 Å². The Hall–Kier alpha value is -3.63. The van der Waals surface area contributed by atoms with Gasteiger partial charge in [0.1, 0.15) is 29.3 Å². The van der Waals surface area contributed by atoms with Crippen molar-refractivity contribution < 1.29 is 45.0 Å². The van der Waals surface area contributed by atoms with Gasteiger partial charge in [-0.15, -0.1) is 13.2 Å². The number of furan rings is 1. The number of carbonyl (C=O) groups excluding carboxylic acids is 1. The van der Waals surface area contributed by atoms with Gasteiger partial charge < -0.3 is 18.8 Å². The summed E-state index contributed by atoms with van der Waals surface area (Å²) in [5, 5.41) is 0. The van der Waals surface area contributed by atoms with Gasteiger partial charge in [0.05, 0.1) is 6.54 Å². The van der Waals surface area contributed by atoms with Crippen LogP contribution >= 0.6 is 0 Å². The zero-order valence-corrected chi connectivity index (χ0v) is 16.5. The molecule has 0 N–H and O–H groups in total. The average Bonchev–Trinajstić information content (AvgIpc) is 3.40. The number of halogens is 6. The van der Waals surface area contributed by atoms with Crippen molar-refractivity contribution in [2.24, 2.45) is 0 Å². The first-order valence-corrected chi connectivity index (χ1v) is 9.59. The Labute approximate surface area is 182 Å². The number of alkyl halides is 6. The van der Waals surface area contributed by atoms with E-state index in [2.05, 4.69) is 4.74 Å². The summed E-state index contributed by atoms with van der Waals surface area (Å²) in [7, 11) is 0. The molecule has 3 heterocycles. The fraction of sp³-hybridized carbons (Fsp3) is 0.227. The average molecular weight is 469 g/mol. The lowest BCUT2D eigenvalue weighted by molar-refractivity contribution is -0.274. The van der Waals surface area contributed by atoms with Crippen LogP contribution in [0.5, 0.6) is 11.5 Å². The standard InChI is InChI=1S/C22H13F6NO4/c23-21(24,25)18-8-6-13(32-18)10-29-16-4-2-1-3-14(16)20(19(29)30)11-31-17-9-12(5-7-15(17)20)33-22(26,27)28/h1-9H,10-11H2. The highest BCUT2D eigenvalue weighted by atomic mass is 19.4. The quantitative estimate of drug-likeness (QED) is 0.481. The molecule has 172 valence electrons. The van der Waals surface area contributed by atoms with Gasteiger partial charge in [-0.25, -0.2) is 0 Å². The van der Waals surface area contributed by atoms with E-state index in [0.29, 0.717) is 16.8 Å². The van der Waals surface area contributed by atoms with Crippen LogP contribution in [0, 0.1) is 0 Å². The molecule has 1 atom stereocenters. The molecule has 2 aliphatic rings. The highest BCUT2D eigenvalue weighted by Gasteiger charge is 2.57. The number of benzene rings is 2. The van der Waals surface area contributed by atoms with Crippen molar-refractivity contribution in [2.75, 3.05) is 11.5 Å². The van der Waals surface area contributed by atoms with Crippen LogP contribution in [-0.2, 0) is 22.9 Å². The first-order chi connectivity index (χ1) is 15.5. The van der Waals surface area contributed by atoms with E-state index in [4.69, 9.17) is 9.15 Å². The highest BCUT2D eigenvalue weighted by Crippen LogP contribution is 2.53. The molecule has 5 nitrogen and oxygen atoms in total. The molecule has 11 heteroatoms. The molecular weight excluding hydrogens is 456 g/mol. The van der Waals surface area contributed by atoms with E-state index in [1.54, 1.807) is 24.3 Å². The van der Waals surface area contributed by atoms with Crippen molar-refractivity contribution >= 4 is 11.6 Å². The molecule has 0 saturated carbocycles. The smallest absolute Gasteiger partial charge is 0.491 e. The van der Waals surface area contributed by atoms with Crippen LogP contribution in [0.3, 0.4) is 0 Å². The molecule has 2 aliphatic heterocycles. The third kappa shape index (κ3) is 3.38. The van der Waals surface area contributed by atoms with Crippen molar-refractivity contribution in [1.29, 1.82) is 0 Å². The second kappa shape index (κ2) is 6.93. The van der Waals surface area contributed by atoms with Gasteiger partial charge in [-0.1, -0.05) is 24.3 Å². The van der Waals surface area contributed by atoms with E-state index in [1.807, 2.05) is 0 Å². The molecule has 1 amide bonds. The lowest BCUT2D eigenvalue weighted by atomic mass is 9.77. The number of hydrogen-bond acceptors (Lipinski definition) is 4. The predicted molar refractivity (Wildman–Crippen MR) is 101 cm³/mol. The summed E-state index contributed by atoms with van der Waals surface area (Å²) in [5.74, 6) is -2.19. The van der Waals surface area contributed by atoms with E-state index in [1.165, 1.54) is 11.0 Å². The lowest BCUT2D eigenvalue weighted by Gasteiger charge is -2.22. The number of ether oxygens (including phenoxy) is 2. The number of fused-ring (bicyclic) bond motifs is 4. The zero-order chi connectivity index (χ0) is 23.6. The minimum absolute atomic E-state index is 0.0547. The summed E-state index contributed by atoms with van der Waals surface area (Å²) >= 11 is 0. The molecule has 0 radical (unpaired) electrons. The Morgan fingerprint density at radius 2 is 1.73 bits per heavy atom. The van der Waals surface area contributed by atoms with Gasteiger partial charge in [0.2, 0.25) is 11.7 Å². The second-order valence-electron chi connectivity index (χ2n) is 7.57. The van der Waals surface area contributed by atoms with Gasteiger partial charge in [0, 0.05) is 17.3 Å². The van der Waals surface area contributed by atoms with E-state index in [-0.39, 0.29) is 24.7 Å². The number of rotatable bonds is 3. The summed E-state index contributed by atoms with van der Waals surface area (Å²) in [6.45, 7) is -0.450. The van der Waals surface area contributed by atoms with Crippen molar-refractivity contribution in [2.45, 2.75) is 24.5 Å². The topological polar surface area (TPSA) is 51.9 Å². The van der Waals surface area contributed by atoms with Gasteiger partial charge in [0.25, 0.3) is 0 Å². The number of amides is 1. The molecule has 0 fully saturated rings. The number of anilines is 1. The third-order valence-electron chi connectivity index (χ3n) is 5.61. The first kappa shape index (κ1) is 21.2. The first-order valence-electron chi connectivity index (χ1n) is 9.59. The molecule has 1 unspecified atom stereocenters. The van der Waals surface area contributed by atoms with E-state index < -0.39 is 35.4 Å². The molecule has 2 aromatic carbocycles. The summed E-state index contributed by atoms with van der Waals surface area (Å²) in [6, 6.07) is 12.1. The van der Waals surface area contributed by atoms with Gasteiger partial charge in [-0.3, -0.25) is 4.79 Å². The van der Waals surface area contributed by atoms with Gasteiger partial charge in [0.15, 0.2) is 0 Å². The largest absolute Gasteiger partial charge is 0.573 e. The van der Waals surface area contributed by atoms with Gasteiger partial charge in [-0.05, 0) is 29.8 Å². The van der Waals surface area contributed by atoms with Crippen LogP contribution in [-0.4, -0.2) is 18.9 Å². The zero-order valence-electron chi connectivity index (χ0n) is 16.5. The Balaban J connectivity index is 1.53. The van der Waals surface area contributed by atoms with E-state index in [0.717, 1.165) is 24.3 Å². The summed E-state index contributed by atoms with van der Waals surface area (Å²) < 4.78 is 90.8. The number of para-hydroxylation sites is 1. The monoisotopic (exact) mass is 469 g/mol.